The van der Waals surface area contributed by atoms with Gasteiger partial charge in [0.25, 0.3) is 0 Å². The number of aryl methyl sites for hydroxylation is 3. The molecular weight excluding hydrogens is 539 g/mol. The van der Waals surface area contributed by atoms with Gasteiger partial charge in [0.05, 0.1) is 0 Å². The predicted octanol–water partition coefficient (Wildman–Crippen LogP) is -1.15. The number of halogens is 3. The van der Waals surface area contributed by atoms with Gasteiger partial charge in [0.2, 0.25) is 0 Å². The zero-order chi connectivity index (χ0) is 22.3. The first kappa shape index (κ1) is 32.2. The van der Waals surface area contributed by atoms with E-state index in [4.69, 9.17) is 0 Å². The molecule has 0 nitrogen and oxygen atoms in total. The van der Waals surface area contributed by atoms with Crippen LogP contribution in [0.5, 0.6) is 0 Å². The summed E-state index contributed by atoms with van der Waals surface area (Å²) in [5, 5.41) is 0. The van der Waals surface area contributed by atoms with Crippen LogP contribution in [0, 0.1) is 26.8 Å². The summed E-state index contributed by atoms with van der Waals surface area (Å²) in [6, 6.07) is 36.0. The van der Waals surface area contributed by atoms with Crippen LogP contribution in [0.3, 0.4) is 0 Å². The molecule has 1 aliphatic rings. The number of rotatable bonds is 4. The van der Waals surface area contributed by atoms with Crippen molar-refractivity contribution in [2.45, 2.75) is 39.0 Å². The molecule has 1 atom stereocenters. The van der Waals surface area contributed by atoms with Gasteiger partial charge in [-0.1, -0.05) is 102 Å². The van der Waals surface area contributed by atoms with Crippen molar-refractivity contribution >= 4 is 0 Å². The largest absolute Gasteiger partial charge is 4.00 e. The van der Waals surface area contributed by atoms with Crippen molar-refractivity contribution in [2.75, 3.05) is 0 Å². The van der Waals surface area contributed by atoms with Crippen LogP contribution in [0.4, 0.5) is 0 Å². The Hall–Kier alpha value is -1.80. The SMILES string of the molecule is CC1=[C-]c2ccccc2C1C(c1cccc(C)c1)(c1cccc(C)c1)c1cccc(C)c1.[Cl-].[Cl-].[Cl-].[Ti+4]. The molecule has 4 aromatic carbocycles. The Bertz CT molecular complexity index is 1230. The van der Waals surface area contributed by atoms with Crippen LogP contribution in [0.2, 0.25) is 0 Å². The third-order valence-electron chi connectivity index (χ3n) is 6.89. The summed E-state index contributed by atoms with van der Waals surface area (Å²) >= 11 is 0. The second kappa shape index (κ2) is 13.1. The third kappa shape index (κ3) is 5.54. The van der Waals surface area contributed by atoms with Crippen LogP contribution in [0.25, 0.3) is 0 Å². The second-order valence-electron chi connectivity index (χ2n) is 9.24. The van der Waals surface area contributed by atoms with Crippen molar-refractivity contribution in [3.63, 3.8) is 0 Å². The first-order chi connectivity index (χ1) is 15.5. The van der Waals surface area contributed by atoms with Gasteiger partial charge in [0, 0.05) is 5.41 Å². The smallest absolute Gasteiger partial charge is 1.00 e. The maximum Gasteiger partial charge on any atom is 4.00 e. The normalized spacial score (nSPS) is 13.7. The van der Waals surface area contributed by atoms with Crippen molar-refractivity contribution in [3.8, 4) is 0 Å². The molecule has 0 heterocycles. The van der Waals surface area contributed by atoms with Crippen LogP contribution in [0.15, 0.2) is 103 Å². The summed E-state index contributed by atoms with van der Waals surface area (Å²) in [6.07, 6.45) is 3.72. The van der Waals surface area contributed by atoms with E-state index in [1.54, 1.807) is 0 Å². The average Bonchev–Trinajstić information content (AvgIpc) is 3.11. The first-order valence-corrected chi connectivity index (χ1v) is 11.4. The molecule has 0 saturated heterocycles. The fourth-order valence-electron chi connectivity index (χ4n) is 5.61. The van der Waals surface area contributed by atoms with Crippen LogP contribution in [-0.2, 0) is 27.1 Å². The minimum absolute atomic E-state index is 0. The van der Waals surface area contributed by atoms with Crippen LogP contribution < -0.4 is 37.2 Å². The molecule has 4 aromatic rings. The van der Waals surface area contributed by atoms with Gasteiger partial charge in [-0.25, -0.2) is 0 Å². The number of hydrogen-bond acceptors (Lipinski definition) is 0. The van der Waals surface area contributed by atoms with Crippen molar-refractivity contribution in [1.82, 2.24) is 0 Å². The Labute approximate surface area is 249 Å². The fraction of sp³-hybridized carbons (Fsp3) is 0.188. The van der Waals surface area contributed by atoms with Crippen molar-refractivity contribution in [2.24, 2.45) is 0 Å². The van der Waals surface area contributed by atoms with Crippen LogP contribution in [0.1, 0.15) is 57.3 Å². The topological polar surface area (TPSA) is 0 Å². The summed E-state index contributed by atoms with van der Waals surface area (Å²) in [5.74, 6) is 0.170. The predicted molar refractivity (Wildman–Crippen MR) is 134 cm³/mol. The standard InChI is InChI=1S/C32H29.3ClH.Ti/c1-22-10-7-14-27(18-22)32(28-15-8-11-23(2)19-28,29-16-9-12-24(3)20-29)31-25(4)21-26-13-5-6-17-30(26)31;;;;/h5-20,31H,1-4H3;3*1H;/q-1;;;;+4/p-3. The van der Waals surface area contributed by atoms with Gasteiger partial charge in [-0.05, 0) is 43.4 Å². The molecule has 0 radical (unpaired) electrons. The molecule has 5 rings (SSSR count). The van der Waals surface area contributed by atoms with Crippen LogP contribution >= 0.6 is 0 Å². The van der Waals surface area contributed by atoms with Gasteiger partial charge in [-0.2, -0.15) is 17.7 Å². The molecule has 36 heavy (non-hydrogen) atoms. The van der Waals surface area contributed by atoms with Gasteiger partial charge < -0.3 is 37.2 Å². The molecule has 0 N–H and O–H groups in total. The van der Waals surface area contributed by atoms with E-state index in [-0.39, 0.29) is 70.3 Å². The molecule has 0 saturated carbocycles. The van der Waals surface area contributed by atoms with E-state index >= 15 is 0 Å². The quantitative estimate of drug-likeness (QED) is 0.166. The van der Waals surface area contributed by atoms with Gasteiger partial charge in [-0.15, -0.1) is 23.3 Å². The molecule has 4 heteroatoms. The molecule has 0 amide bonds. The number of benzene rings is 4. The van der Waals surface area contributed by atoms with E-state index < -0.39 is 0 Å². The molecule has 0 aromatic heterocycles. The number of hydrogen-bond donors (Lipinski definition) is 0. The Kier molecular flexibility index (Phi) is 11.8. The van der Waals surface area contributed by atoms with E-state index in [0.717, 1.165) is 0 Å². The molecule has 182 valence electrons. The number of fused-ring (bicyclic) bond motifs is 1. The maximum atomic E-state index is 3.72. The van der Waals surface area contributed by atoms with E-state index in [9.17, 15) is 0 Å². The first-order valence-electron chi connectivity index (χ1n) is 11.4. The Morgan fingerprint density at radius 3 is 1.39 bits per heavy atom. The maximum absolute atomic E-state index is 3.72. The molecule has 1 aliphatic carbocycles. The molecule has 0 bridgehead atoms. The number of allylic oxidation sites excluding steroid dienone is 1. The summed E-state index contributed by atoms with van der Waals surface area (Å²) < 4.78 is 0. The van der Waals surface area contributed by atoms with E-state index in [1.807, 2.05) is 0 Å². The van der Waals surface area contributed by atoms with E-state index in [2.05, 4.69) is 131 Å². The molecule has 1 unspecified atom stereocenters. The fourth-order valence-corrected chi connectivity index (χ4v) is 5.61. The molecule has 0 fully saturated rings. The van der Waals surface area contributed by atoms with Gasteiger partial charge in [-0.3, -0.25) is 0 Å². The molecule has 0 spiro atoms. The zero-order valence-electron chi connectivity index (χ0n) is 20.9. The van der Waals surface area contributed by atoms with Crippen LogP contribution in [-0.4, -0.2) is 0 Å². The monoisotopic (exact) mass is 566 g/mol. The van der Waals surface area contributed by atoms with Crippen molar-refractivity contribution in [1.29, 1.82) is 0 Å². The van der Waals surface area contributed by atoms with E-state index in [0.29, 0.717) is 0 Å². The third-order valence-corrected chi connectivity index (χ3v) is 6.89. The van der Waals surface area contributed by atoms with Crippen molar-refractivity contribution in [3.05, 3.63) is 153 Å². The minimum Gasteiger partial charge on any atom is -1.00 e. The summed E-state index contributed by atoms with van der Waals surface area (Å²) in [6.45, 7) is 8.83. The summed E-state index contributed by atoms with van der Waals surface area (Å²) in [5.41, 5.74) is 11.3. The zero-order valence-corrected chi connectivity index (χ0v) is 24.8. The second-order valence-corrected chi connectivity index (χ2v) is 9.24. The summed E-state index contributed by atoms with van der Waals surface area (Å²) in [4.78, 5) is 0. The Morgan fingerprint density at radius 1 is 0.556 bits per heavy atom. The Morgan fingerprint density at radius 2 is 0.972 bits per heavy atom. The van der Waals surface area contributed by atoms with E-state index in [1.165, 1.54) is 50.1 Å². The average molecular weight is 568 g/mol. The van der Waals surface area contributed by atoms with Gasteiger partial charge in [0.15, 0.2) is 0 Å². The Balaban J connectivity index is 0.00000162. The van der Waals surface area contributed by atoms with Gasteiger partial charge in [0.1, 0.15) is 0 Å². The minimum atomic E-state index is -0.353. The van der Waals surface area contributed by atoms with Crippen molar-refractivity contribution < 1.29 is 58.9 Å². The molecular formula is C32H29Cl3Ti. The molecule has 0 aliphatic heterocycles. The summed E-state index contributed by atoms with van der Waals surface area (Å²) in [7, 11) is 0. The van der Waals surface area contributed by atoms with Gasteiger partial charge >= 0.3 is 21.7 Å².